The van der Waals surface area contributed by atoms with Crippen molar-refractivity contribution < 1.29 is 37.2 Å². The lowest BCUT2D eigenvalue weighted by Gasteiger charge is -2.29. The first-order valence-corrected chi connectivity index (χ1v) is 32.1. The van der Waals surface area contributed by atoms with Gasteiger partial charge in [-0.3, -0.25) is 0 Å². The first-order chi connectivity index (χ1) is 42.1. The second kappa shape index (κ2) is 20.9. The Morgan fingerprint density at radius 1 is 0.326 bits per heavy atom. The van der Waals surface area contributed by atoms with E-state index in [9.17, 15) is 0 Å². The zero-order chi connectivity index (χ0) is 57.7. The summed E-state index contributed by atoms with van der Waals surface area (Å²) < 4.78 is 37.5. The summed E-state index contributed by atoms with van der Waals surface area (Å²) >= 11 is 7.18. The van der Waals surface area contributed by atoms with Crippen LogP contribution in [0.4, 0.5) is 0 Å². The molecule has 0 fully saturated rings. The number of hydrogen-bond acceptors (Lipinski definition) is 8. The van der Waals surface area contributed by atoms with E-state index < -0.39 is 12.1 Å². The van der Waals surface area contributed by atoms with Gasteiger partial charge >= 0.3 is 12.1 Å². The molecule has 4 aliphatic heterocycles. The Hall–Kier alpha value is -8.98. The van der Waals surface area contributed by atoms with Gasteiger partial charge in [-0.25, -0.2) is 9.47 Å². The Morgan fingerprint density at radius 3 is 1.02 bits per heavy atom. The van der Waals surface area contributed by atoms with Crippen molar-refractivity contribution in [1.29, 1.82) is 0 Å². The maximum atomic E-state index is 7.26. The maximum absolute atomic E-state index is 7.26. The molecule has 86 heavy (non-hydrogen) atoms. The number of nitrogens with zero attached hydrogens (tertiary/aromatic N) is 4. The summed E-state index contributed by atoms with van der Waals surface area (Å²) in [6.07, 6.45) is 12.3. The van der Waals surface area contributed by atoms with Crippen molar-refractivity contribution in [1.82, 2.24) is 0 Å². The Kier molecular flexibility index (Phi) is 12.8. The molecular weight excluding hydrogens is 1140 g/mol. The fourth-order valence-corrected chi connectivity index (χ4v) is 15.7. The van der Waals surface area contributed by atoms with Crippen LogP contribution in [0.3, 0.4) is 0 Å². The van der Waals surface area contributed by atoms with Gasteiger partial charge in [-0.05, 0) is 136 Å². The minimum absolute atomic E-state index is 0.339. The van der Waals surface area contributed by atoms with E-state index in [0.29, 0.717) is 0 Å². The van der Waals surface area contributed by atoms with E-state index in [-0.39, 0.29) is 12.2 Å². The van der Waals surface area contributed by atoms with Gasteiger partial charge in [-0.1, -0.05) is 140 Å². The summed E-state index contributed by atoms with van der Waals surface area (Å²) in [5.74, 6) is 1.57. The molecule has 0 bridgehead atoms. The highest BCUT2D eigenvalue weighted by molar-refractivity contribution is 7.16. The number of thiophene rings is 4. The van der Waals surface area contributed by atoms with Gasteiger partial charge in [0.1, 0.15) is 23.7 Å². The predicted octanol–water partition coefficient (Wildman–Crippen LogP) is 17.2. The number of hydrogen-bond donors (Lipinski definition) is 0. The highest BCUT2D eigenvalue weighted by Gasteiger charge is 2.69. The van der Waals surface area contributed by atoms with Crippen molar-refractivity contribution in [3.63, 3.8) is 0 Å². The molecule has 12 heteroatoms. The first-order valence-electron chi connectivity index (χ1n) is 28.8. The van der Waals surface area contributed by atoms with E-state index in [2.05, 4.69) is 265 Å². The third-order valence-electron chi connectivity index (χ3n) is 16.4. The van der Waals surface area contributed by atoms with Crippen molar-refractivity contribution >= 4 is 78.7 Å². The Labute approximate surface area is 514 Å². The summed E-state index contributed by atoms with van der Waals surface area (Å²) in [7, 11) is 0. The molecule has 5 aromatic carbocycles. The average molecular weight is 1190 g/mol. The van der Waals surface area contributed by atoms with Gasteiger partial charge < -0.3 is 9.47 Å². The molecule has 0 amide bonds. The molecule has 0 radical (unpaired) electrons. The molecule has 17 rings (SSSR count). The van der Waals surface area contributed by atoms with Crippen LogP contribution in [0.25, 0.3) is 86.5 Å². The second-order valence-corrected chi connectivity index (χ2v) is 27.3. The van der Waals surface area contributed by atoms with Crippen molar-refractivity contribution in [3.8, 4) is 53.2 Å². The number of pyridine rings is 4. The third kappa shape index (κ3) is 8.97. The van der Waals surface area contributed by atoms with Gasteiger partial charge in [0.15, 0.2) is 24.8 Å². The first kappa shape index (κ1) is 52.6. The SMILES string of the molecule is Cc1ccc(-c2cc3ccc4cc(-c5ccc(C)s5)c[n+]5c4c3[n+](c2)C52OC(c3ccccc3)=CC(c3ccccc3)O2)s1.Cc1ccc(-c2ccc3[n+](c2)C2(OC(c4ccccc4)=CC(c4ccccc4)O2)[n+]2cc(-c4ccc(C)s4)ccc2-3)s1. The standard InChI is InChI=1S/C38H28N2O2S2.C36H28N2O2S2/c1-24-13-17-34(43-24)30-19-28-15-16-29-20-31(35-18-14-25(2)44-35)23-40-37(29)36(28)39(22-30)38(40)41-32(26-9-5-3-6-10-26)21-33(42-38)27-11-7-4-8-12-27;1-24-13-19-34(41-24)28-15-17-30-31-18-16-29(35-20-14-25(2)42-35)23-38(31)36(37(30)22-28)39-32(26-9-5-3-6-10-26)21-33(40-36)27-11-7-4-8-12-27/h3-23,32H,1-2H3;3-23,32H,1-2H3/q2*+2. The van der Waals surface area contributed by atoms with Crippen LogP contribution in [0.2, 0.25) is 0 Å². The van der Waals surface area contributed by atoms with E-state index in [1.54, 1.807) is 45.3 Å². The van der Waals surface area contributed by atoms with Crippen LogP contribution in [0, 0.1) is 27.7 Å². The van der Waals surface area contributed by atoms with E-state index in [1.165, 1.54) is 39.0 Å². The topological polar surface area (TPSA) is 52.4 Å². The molecule has 0 saturated carbocycles. The zero-order valence-electron chi connectivity index (χ0n) is 47.5. The van der Waals surface area contributed by atoms with E-state index in [0.717, 1.165) is 89.2 Å². The minimum atomic E-state index is -1.30. The van der Waals surface area contributed by atoms with Crippen LogP contribution in [0.1, 0.15) is 54.0 Å². The fraction of sp³-hybridized carbons (Fsp3) is 0.108. The molecular formula is C74H56N4O4S4+4. The molecule has 416 valence electrons. The Balaban J connectivity index is 0.000000140. The lowest BCUT2D eigenvalue weighted by Crippen LogP contribution is -2.73. The predicted molar refractivity (Wildman–Crippen MR) is 345 cm³/mol. The maximum Gasteiger partial charge on any atom is 0.669 e. The van der Waals surface area contributed by atoms with Gasteiger partial charge in [-0.2, -0.15) is 0 Å². The molecule has 4 aliphatic rings. The molecule has 0 saturated heterocycles. The van der Waals surface area contributed by atoms with E-state index in [4.69, 9.17) is 18.9 Å². The van der Waals surface area contributed by atoms with Crippen LogP contribution < -0.4 is 18.3 Å². The largest absolute Gasteiger partial charge is 0.669 e. The van der Waals surface area contributed by atoms with Gasteiger partial charge in [0, 0.05) is 62.3 Å². The van der Waals surface area contributed by atoms with E-state index in [1.807, 2.05) is 36.4 Å². The summed E-state index contributed by atoms with van der Waals surface area (Å²) in [5, 5.41) is 2.29. The molecule has 8 aromatic heterocycles. The van der Waals surface area contributed by atoms with Crippen LogP contribution in [0.5, 0.6) is 0 Å². The summed E-state index contributed by atoms with van der Waals surface area (Å²) in [4.78, 5) is 9.98. The van der Waals surface area contributed by atoms with Crippen molar-refractivity contribution in [3.05, 3.63) is 297 Å². The van der Waals surface area contributed by atoms with Gasteiger partial charge in [0.05, 0.1) is 33.0 Å². The summed E-state index contributed by atoms with van der Waals surface area (Å²) in [5.41, 5.74) is 12.9. The molecule has 2 atom stereocenters. The van der Waals surface area contributed by atoms with Crippen LogP contribution in [-0.2, 0) is 31.0 Å². The van der Waals surface area contributed by atoms with Crippen LogP contribution in [0.15, 0.2) is 255 Å². The summed E-state index contributed by atoms with van der Waals surface area (Å²) in [6.45, 7) is 8.59. The molecule has 2 unspecified atom stereocenters. The quantitative estimate of drug-likeness (QED) is 0.112. The molecule has 12 heterocycles. The lowest BCUT2D eigenvalue weighted by molar-refractivity contribution is -1.05. The molecule has 8 nitrogen and oxygen atoms in total. The lowest BCUT2D eigenvalue weighted by atomic mass is 10.1. The normalized spacial score (nSPS) is 16.6. The fourth-order valence-electron chi connectivity index (χ4n) is 12.3. The van der Waals surface area contributed by atoms with Gasteiger partial charge in [0.2, 0.25) is 0 Å². The molecule has 0 N–H and O–H groups in total. The van der Waals surface area contributed by atoms with E-state index >= 15 is 0 Å². The number of aromatic nitrogens is 4. The second-order valence-electron chi connectivity index (χ2n) is 22.1. The number of benzene rings is 5. The zero-order valence-corrected chi connectivity index (χ0v) is 50.7. The van der Waals surface area contributed by atoms with Crippen LogP contribution in [-0.4, -0.2) is 0 Å². The van der Waals surface area contributed by atoms with Crippen molar-refractivity contribution in [2.24, 2.45) is 0 Å². The highest BCUT2D eigenvalue weighted by atomic mass is 32.1. The Morgan fingerprint density at radius 2 is 0.663 bits per heavy atom. The highest BCUT2D eigenvalue weighted by Crippen LogP contribution is 2.45. The number of aryl methyl sites for hydroxylation is 4. The van der Waals surface area contributed by atoms with Crippen molar-refractivity contribution in [2.75, 3.05) is 0 Å². The van der Waals surface area contributed by atoms with Crippen molar-refractivity contribution in [2.45, 2.75) is 52.0 Å². The van der Waals surface area contributed by atoms with Crippen LogP contribution >= 0.6 is 45.3 Å². The third-order valence-corrected chi connectivity index (χ3v) is 20.6. The molecule has 2 spiro atoms. The average Bonchev–Trinajstić information content (AvgIpc) is 2.38. The minimum Gasteiger partial charge on any atom is -0.351 e. The number of fused-ring (bicyclic) bond motifs is 7. The number of rotatable bonds is 8. The molecule has 0 aliphatic carbocycles. The number of ether oxygens (including phenoxy) is 4. The Bertz CT molecular complexity index is 4660. The monoisotopic (exact) mass is 1190 g/mol. The van der Waals surface area contributed by atoms with Gasteiger partial charge in [0.25, 0.3) is 22.4 Å². The molecule has 13 aromatic rings. The summed E-state index contributed by atoms with van der Waals surface area (Å²) in [6, 6.07) is 74.2. The smallest absolute Gasteiger partial charge is 0.351 e. The van der Waals surface area contributed by atoms with Gasteiger partial charge in [-0.15, -0.1) is 45.3 Å².